The smallest absolute Gasteiger partial charge is 0.313 e. The van der Waals surface area contributed by atoms with Gasteiger partial charge in [-0.2, -0.15) is 0 Å². The molecular formula is C18H17ClO3S. The third-order valence-electron chi connectivity index (χ3n) is 3.39. The number of thioether (sulfide) groups is 1. The number of benzene rings is 2. The molecule has 0 spiro atoms. The first-order valence-electron chi connectivity index (χ1n) is 7.14. The quantitative estimate of drug-likeness (QED) is 0.731. The van der Waals surface area contributed by atoms with Crippen LogP contribution in [0.15, 0.2) is 48.5 Å². The Labute approximate surface area is 144 Å². The summed E-state index contributed by atoms with van der Waals surface area (Å²) < 4.78 is 0. The van der Waals surface area contributed by atoms with Crippen LogP contribution in [0.3, 0.4) is 0 Å². The van der Waals surface area contributed by atoms with Gasteiger partial charge in [-0.25, -0.2) is 0 Å². The summed E-state index contributed by atoms with van der Waals surface area (Å²) in [5.74, 6) is -0.936. The maximum Gasteiger partial charge on any atom is 0.313 e. The first-order valence-corrected chi connectivity index (χ1v) is 8.57. The highest BCUT2D eigenvalue weighted by Crippen LogP contribution is 2.33. The highest BCUT2D eigenvalue weighted by Gasteiger charge is 2.19. The number of rotatable bonds is 7. The van der Waals surface area contributed by atoms with E-state index in [1.165, 1.54) is 11.8 Å². The number of carbonyl (C=O) groups excluding carboxylic acids is 1. The molecule has 0 aliphatic rings. The van der Waals surface area contributed by atoms with Crippen molar-refractivity contribution in [2.24, 2.45) is 0 Å². The van der Waals surface area contributed by atoms with Crippen molar-refractivity contribution in [2.45, 2.75) is 18.6 Å². The lowest BCUT2D eigenvalue weighted by molar-refractivity contribution is -0.133. The van der Waals surface area contributed by atoms with E-state index in [1.807, 2.05) is 31.2 Å². The molecule has 0 bridgehead atoms. The van der Waals surface area contributed by atoms with Crippen LogP contribution in [0, 0.1) is 6.92 Å². The van der Waals surface area contributed by atoms with Gasteiger partial charge in [-0.3, -0.25) is 9.59 Å². The number of aryl methyl sites for hydroxylation is 1. The van der Waals surface area contributed by atoms with Gasteiger partial charge in [-0.1, -0.05) is 53.6 Å². The van der Waals surface area contributed by atoms with Crippen LogP contribution in [0.2, 0.25) is 5.02 Å². The minimum Gasteiger partial charge on any atom is -0.481 e. The van der Waals surface area contributed by atoms with Gasteiger partial charge in [0.2, 0.25) is 0 Å². The Morgan fingerprint density at radius 3 is 2.26 bits per heavy atom. The van der Waals surface area contributed by atoms with Crippen LogP contribution in [0.1, 0.15) is 33.2 Å². The summed E-state index contributed by atoms with van der Waals surface area (Å²) in [5, 5.41) is 9.31. The second-order valence-corrected chi connectivity index (χ2v) is 6.87. The monoisotopic (exact) mass is 348 g/mol. The lowest BCUT2D eigenvalue weighted by atomic mass is 10.0. The van der Waals surface area contributed by atoms with Crippen molar-refractivity contribution in [1.82, 2.24) is 0 Å². The van der Waals surface area contributed by atoms with E-state index < -0.39 is 5.97 Å². The fraction of sp³-hybridized carbons (Fsp3) is 0.222. The Bertz CT molecular complexity index is 680. The summed E-state index contributed by atoms with van der Waals surface area (Å²) in [5.41, 5.74) is 2.64. The topological polar surface area (TPSA) is 54.4 Å². The zero-order valence-electron chi connectivity index (χ0n) is 12.7. The molecule has 0 unspecified atom stereocenters. The summed E-state index contributed by atoms with van der Waals surface area (Å²) in [6, 6.07) is 14.6. The molecule has 23 heavy (non-hydrogen) atoms. The molecule has 0 heterocycles. The van der Waals surface area contributed by atoms with E-state index in [4.69, 9.17) is 16.7 Å². The molecule has 120 valence electrons. The van der Waals surface area contributed by atoms with E-state index in [2.05, 4.69) is 0 Å². The number of hydrogen-bond acceptors (Lipinski definition) is 3. The average molecular weight is 349 g/mol. The van der Waals surface area contributed by atoms with E-state index in [0.717, 1.165) is 11.1 Å². The average Bonchev–Trinajstić information content (AvgIpc) is 2.52. The Morgan fingerprint density at radius 2 is 1.70 bits per heavy atom. The van der Waals surface area contributed by atoms with E-state index in [9.17, 15) is 9.59 Å². The van der Waals surface area contributed by atoms with Crippen molar-refractivity contribution in [3.8, 4) is 0 Å². The summed E-state index contributed by atoms with van der Waals surface area (Å²) in [4.78, 5) is 23.3. The van der Waals surface area contributed by atoms with Gasteiger partial charge in [-0.05, 0) is 24.6 Å². The van der Waals surface area contributed by atoms with Crippen LogP contribution in [-0.2, 0) is 4.79 Å². The molecular weight excluding hydrogens is 332 g/mol. The summed E-state index contributed by atoms with van der Waals surface area (Å²) >= 11 is 7.14. The van der Waals surface area contributed by atoms with E-state index in [-0.39, 0.29) is 23.2 Å². The zero-order chi connectivity index (χ0) is 16.8. The van der Waals surface area contributed by atoms with Crippen molar-refractivity contribution >= 4 is 35.1 Å². The molecule has 0 saturated carbocycles. The number of aliphatic carboxylic acids is 1. The van der Waals surface area contributed by atoms with Gasteiger partial charge < -0.3 is 5.11 Å². The van der Waals surface area contributed by atoms with Crippen molar-refractivity contribution < 1.29 is 14.7 Å². The molecule has 0 radical (unpaired) electrons. The summed E-state index contributed by atoms with van der Waals surface area (Å²) in [7, 11) is 0. The third kappa shape index (κ3) is 5.41. The zero-order valence-corrected chi connectivity index (χ0v) is 14.2. The molecule has 1 atom stereocenters. The molecule has 3 nitrogen and oxygen atoms in total. The molecule has 1 N–H and O–H groups in total. The minimum atomic E-state index is -0.892. The number of carboxylic acid groups (broad SMARTS) is 1. The molecule has 0 aliphatic heterocycles. The first-order chi connectivity index (χ1) is 11.0. The van der Waals surface area contributed by atoms with Gasteiger partial charge in [-0.15, -0.1) is 11.8 Å². The Balaban J connectivity index is 2.16. The van der Waals surface area contributed by atoms with Crippen LogP contribution in [0.5, 0.6) is 0 Å². The van der Waals surface area contributed by atoms with Gasteiger partial charge in [0.15, 0.2) is 5.78 Å². The second kappa shape index (κ2) is 8.18. The molecule has 5 heteroatoms. The minimum absolute atomic E-state index is 0.00263. The van der Waals surface area contributed by atoms with Gasteiger partial charge in [0, 0.05) is 22.3 Å². The third-order valence-corrected chi connectivity index (χ3v) is 4.90. The SMILES string of the molecule is Cc1ccc(C(=O)C[C@H](SCC(=O)O)c2ccc(Cl)cc2)cc1. The maximum absolute atomic E-state index is 12.5. The van der Waals surface area contributed by atoms with Gasteiger partial charge in [0.25, 0.3) is 0 Å². The number of ketones is 1. The number of Topliss-reactive ketones (excluding diaryl/α,β-unsaturated/α-hetero) is 1. The lowest BCUT2D eigenvalue weighted by Gasteiger charge is -2.16. The van der Waals surface area contributed by atoms with Gasteiger partial charge in [0.05, 0.1) is 5.75 Å². The van der Waals surface area contributed by atoms with E-state index in [0.29, 0.717) is 10.6 Å². The fourth-order valence-corrected chi connectivity index (χ4v) is 3.24. The van der Waals surface area contributed by atoms with Crippen molar-refractivity contribution in [2.75, 3.05) is 5.75 Å². The van der Waals surface area contributed by atoms with Crippen LogP contribution in [0.4, 0.5) is 0 Å². The molecule has 2 aromatic carbocycles. The number of carboxylic acids is 1. The van der Waals surface area contributed by atoms with Crippen molar-refractivity contribution in [1.29, 1.82) is 0 Å². The second-order valence-electron chi connectivity index (χ2n) is 5.24. The van der Waals surface area contributed by atoms with Crippen molar-refractivity contribution in [3.63, 3.8) is 0 Å². The normalized spacial score (nSPS) is 11.9. The molecule has 0 aromatic heterocycles. The summed E-state index contributed by atoms with van der Waals surface area (Å²) in [6.07, 6.45) is 0.253. The molecule has 0 saturated heterocycles. The highest BCUT2D eigenvalue weighted by atomic mass is 35.5. The fourth-order valence-electron chi connectivity index (χ4n) is 2.15. The molecule has 2 aromatic rings. The molecule has 0 aliphatic carbocycles. The molecule has 0 amide bonds. The lowest BCUT2D eigenvalue weighted by Crippen LogP contribution is -2.08. The van der Waals surface area contributed by atoms with E-state index >= 15 is 0 Å². The highest BCUT2D eigenvalue weighted by molar-refractivity contribution is 8.00. The number of halogens is 1. The van der Waals surface area contributed by atoms with Gasteiger partial charge >= 0.3 is 5.97 Å². The molecule has 2 rings (SSSR count). The Kier molecular flexibility index (Phi) is 6.25. The Hall–Kier alpha value is -1.78. The number of hydrogen-bond donors (Lipinski definition) is 1. The van der Waals surface area contributed by atoms with Crippen LogP contribution >= 0.6 is 23.4 Å². The maximum atomic E-state index is 12.5. The standard InChI is InChI=1S/C18H17ClO3S/c1-12-2-4-13(5-3-12)16(20)10-17(23-11-18(21)22)14-6-8-15(19)9-7-14/h2-9,17H,10-11H2,1H3,(H,21,22)/t17-/m0/s1. The number of carbonyl (C=O) groups is 2. The van der Waals surface area contributed by atoms with Crippen LogP contribution in [-0.4, -0.2) is 22.6 Å². The van der Waals surface area contributed by atoms with Crippen LogP contribution < -0.4 is 0 Å². The predicted octanol–water partition coefficient (Wildman–Crippen LogP) is 4.78. The summed E-state index contributed by atoms with van der Waals surface area (Å²) in [6.45, 7) is 1.97. The van der Waals surface area contributed by atoms with E-state index in [1.54, 1.807) is 24.3 Å². The Morgan fingerprint density at radius 1 is 1.09 bits per heavy atom. The first kappa shape index (κ1) is 17.6. The largest absolute Gasteiger partial charge is 0.481 e. The van der Waals surface area contributed by atoms with Gasteiger partial charge in [0.1, 0.15) is 0 Å². The predicted molar refractivity (Wildman–Crippen MR) is 94.4 cm³/mol. The van der Waals surface area contributed by atoms with Crippen molar-refractivity contribution in [3.05, 3.63) is 70.2 Å². The van der Waals surface area contributed by atoms with Crippen LogP contribution in [0.25, 0.3) is 0 Å². The molecule has 0 fully saturated rings.